The molecule has 0 radical (unpaired) electrons. The smallest absolute Gasteiger partial charge is 0.392 e. The maximum atomic E-state index is 13.1. The molecule has 0 heterocycles. The van der Waals surface area contributed by atoms with E-state index in [1.165, 1.54) is 7.11 Å². The first-order chi connectivity index (χ1) is 18.4. The zero-order valence-corrected chi connectivity index (χ0v) is 27.6. The predicted octanol–water partition coefficient (Wildman–Crippen LogP) is 6.28. The van der Waals surface area contributed by atoms with Crippen molar-refractivity contribution in [1.29, 1.82) is 0 Å². The molecular formula is C32H59O7P. The minimum absolute atomic E-state index is 0.00219. The van der Waals surface area contributed by atoms with E-state index < -0.39 is 32.2 Å². The highest BCUT2D eigenvalue weighted by Gasteiger charge is 2.70. The summed E-state index contributed by atoms with van der Waals surface area (Å²) >= 11 is 0. The van der Waals surface area contributed by atoms with Crippen molar-refractivity contribution < 1.29 is 33.8 Å². The molecule has 0 aliphatic heterocycles. The van der Waals surface area contributed by atoms with E-state index in [1.807, 2.05) is 6.92 Å². The van der Waals surface area contributed by atoms with Crippen molar-refractivity contribution >= 4 is 7.82 Å². The highest BCUT2D eigenvalue weighted by atomic mass is 31.2. The Kier molecular flexibility index (Phi) is 9.18. The van der Waals surface area contributed by atoms with E-state index in [9.17, 15) is 24.8 Å². The molecule has 16 atom stereocenters. The van der Waals surface area contributed by atoms with Gasteiger partial charge in [-0.1, -0.05) is 68.7 Å². The molecular weight excluding hydrogens is 527 g/mol. The first kappa shape index (κ1) is 32.9. The van der Waals surface area contributed by atoms with Crippen LogP contribution in [0.25, 0.3) is 0 Å². The Morgan fingerprint density at radius 1 is 0.975 bits per heavy atom. The van der Waals surface area contributed by atoms with Crippen LogP contribution >= 0.6 is 7.82 Å². The molecule has 0 aromatic rings. The molecule has 0 aromatic heterocycles. The number of aliphatic hydroxyl groups is 3. The van der Waals surface area contributed by atoms with Crippen LogP contribution in [0.2, 0.25) is 0 Å². The summed E-state index contributed by atoms with van der Waals surface area (Å²) in [6, 6.07) is 0. The Labute approximate surface area is 243 Å². The number of rotatable bonds is 8. The molecule has 0 bridgehead atoms. The van der Waals surface area contributed by atoms with Gasteiger partial charge in [0.05, 0.1) is 24.4 Å². The van der Waals surface area contributed by atoms with E-state index in [-0.39, 0.29) is 57.7 Å². The summed E-state index contributed by atoms with van der Waals surface area (Å²) in [6.45, 7) is 20.2. The lowest BCUT2D eigenvalue weighted by molar-refractivity contribution is -0.248. The Hall–Kier alpha value is -0.0100. The van der Waals surface area contributed by atoms with Crippen LogP contribution in [-0.2, 0) is 13.6 Å². The second kappa shape index (κ2) is 11.2. The molecule has 12 unspecified atom stereocenters. The summed E-state index contributed by atoms with van der Waals surface area (Å²) in [5.74, 6) is 0.415. The molecule has 4 fully saturated rings. The largest absolute Gasteiger partial charge is 0.472 e. The van der Waals surface area contributed by atoms with Crippen molar-refractivity contribution in [3.8, 4) is 0 Å². The van der Waals surface area contributed by atoms with Gasteiger partial charge in [0.2, 0.25) is 0 Å². The number of phosphoric acid groups is 1. The lowest BCUT2D eigenvalue weighted by atomic mass is 9.42. The molecule has 4 aliphatic carbocycles. The zero-order valence-electron chi connectivity index (χ0n) is 26.7. The molecule has 0 aromatic carbocycles. The molecule has 0 saturated heterocycles. The first-order valence-corrected chi connectivity index (χ1v) is 17.5. The van der Waals surface area contributed by atoms with Gasteiger partial charge in [-0.15, -0.1) is 0 Å². The van der Waals surface area contributed by atoms with Crippen molar-refractivity contribution in [3.05, 3.63) is 0 Å². The van der Waals surface area contributed by atoms with E-state index in [0.717, 1.165) is 38.5 Å². The fraction of sp³-hybridized carbons (Fsp3) is 1.00. The highest BCUT2D eigenvalue weighted by molar-refractivity contribution is 7.47. The maximum absolute atomic E-state index is 13.1. The van der Waals surface area contributed by atoms with Crippen molar-refractivity contribution in [3.63, 3.8) is 0 Å². The predicted molar refractivity (Wildman–Crippen MR) is 157 cm³/mol. The van der Waals surface area contributed by atoms with Gasteiger partial charge in [0.15, 0.2) is 0 Å². The van der Waals surface area contributed by atoms with Gasteiger partial charge >= 0.3 is 7.82 Å². The topological polar surface area (TPSA) is 116 Å². The highest BCUT2D eigenvalue weighted by Crippen LogP contribution is 2.71. The third kappa shape index (κ3) is 5.00. The molecule has 8 heteroatoms. The van der Waals surface area contributed by atoms with Crippen LogP contribution in [0.15, 0.2) is 0 Å². The average Bonchev–Trinajstić information content (AvgIpc) is 3.09. The molecule has 4 aliphatic rings. The Morgan fingerprint density at radius 3 is 2.12 bits per heavy atom. The van der Waals surface area contributed by atoms with Crippen LogP contribution in [0.1, 0.15) is 101 Å². The minimum Gasteiger partial charge on any atom is -0.392 e. The second-order valence-corrected chi connectivity index (χ2v) is 17.2. The van der Waals surface area contributed by atoms with Crippen LogP contribution in [0.4, 0.5) is 0 Å². The van der Waals surface area contributed by atoms with Crippen molar-refractivity contribution in [2.75, 3.05) is 7.11 Å². The van der Waals surface area contributed by atoms with Crippen molar-refractivity contribution in [2.24, 2.45) is 69.5 Å². The molecule has 234 valence electrons. The molecule has 4 saturated carbocycles. The van der Waals surface area contributed by atoms with Gasteiger partial charge in [-0.05, 0) is 95.7 Å². The summed E-state index contributed by atoms with van der Waals surface area (Å²) in [7, 11) is -3.12. The SMILES string of the molecule is CCC(C)(CC1C(OP(=O)(O)OC)[C@H]2C3C(O)C(O)[C@H]4C(O)C(C)CCC4(C)[C@H]3CCC2(C)[C@H]1C)C(C)C(C)C. The van der Waals surface area contributed by atoms with Gasteiger partial charge in [-0.25, -0.2) is 4.57 Å². The van der Waals surface area contributed by atoms with E-state index in [0.29, 0.717) is 11.8 Å². The fourth-order valence-corrected chi connectivity index (χ4v) is 11.3. The lowest BCUT2D eigenvalue weighted by Crippen LogP contribution is -2.67. The molecule has 40 heavy (non-hydrogen) atoms. The fourth-order valence-electron chi connectivity index (χ4n) is 10.6. The van der Waals surface area contributed by atoms with Gasteiger partial charge in [0.25, 0.3) is 0 Å². The van der Waals surface area contributed by atoms with Crippen LogP contribution < -0.4 is 0 Å². The van der Waals surface area contributed by atoms with E-state index in [1.54, 1.807) is 0 Å². The quantitative estimate of drug-likeness (QED) is 0.247. The van der Waals surface area contributed by atoms with Gasteiger partial charge < -0.3 is 20.2 Å². The molecule has 0 spiro atoms. The summed E-state index contributed by atoms with van der Waals surface area (Å²) in [5.41, 5.74) is -0.545. The van der Waals surface area contributed by atoms with Crippen molar-refractivity contribution in [1.82, 2.24) is 0 Å². The molecule has 7 nitrogen and oxygen atoms in total. The number of fused-ring (bicyclic) bond motifs is 5. The van der Waals surface area contributed by atoms with Crippen LogP contribution in [-0.4, -0.2) is 51.7 Å². The standard InChI is InChI=1S/C32H59O7P/c1-11-30(7,19(5)17(2)3)16-21-20(6)31(8)15-13-22-23(24(31)29(21)39-40(36,37)38-10)27(34)28(35)25-26(33)18(4)12-14-32(22,25)9/h17-29,33-35H,11-16H2,1-10H3,(H,36,37)/t18?,19?,20-,21?,22-,23?,24+,25+,26?,27?,28?,29?,30?,31?,32?/m0/s1. The maximum Gasteiger partial charge on any atom is 0.472 e. The van der Waals surface area contributed by atoms with Crippen molar-refractivity contribution in [2.45, 2.75) is 125 Å². The summed E-state index contributed by atoms with van der Waals surface area (Å²) < 4.78 is 24.3. The van der Waals surface area contributed by atoms with Crippen LogP contribution in [0, 0.1) is 69.5 Å². The number of hydrogen-bond acceptors (Lipinski definition) is 6. The minimum atomic E-state index is -4.33. The third-order valence-corrected chi connectivity index (χ3v) is 15.0. The number of phosphoric ester groups is 1. The normalized spacial score (nSPS) is 50.8. The second-order valence-electron chi connectivity index (χ2n) is 15.7. The Morgan fingerprint density at radius 2 is 1.57 bits per heavy atom. The van der Waals surface area contributed by atoms with Gasteiger partial charge in [0, 0.05) is 13.0 Å². The van der Waals surface area contributed by atoms with Crippen LogP contribution in [0.3, 0.4) is 0 Å². The molecule has 0 amide bonds. The van der Waals surface area contributed by atoms with Gasteiger partial charge in [-0.2, -0.15) is 0 Å². The van der Waals surface area contributed by atoms with E-state index >= 15 is 0 Å². The Bertz CT molecular complexity index is 960. The Balaban J connectivity index is 1.82. The molecule has 4 N–H and O–H groups in total. The first-order valence-electron chi connectivity index (χ1n) is 16.0. The zero-order chi connectivity index (χ0) is 30.2. The summed E-state index contributed by atoms with van der Waals surface area (Å²) in [4.78, 5) is 10.7. The molecule has 4 rings (SSSR count). The number of hydrogen-bond donors (Lipinski definition) is 4. The van der Waals surface area contributed by atoms with Gasteiger partial charge in [-0.3, -0.25) is 9.05 Å². The van der Waals surface area contributed by atoms with E-state index in [2.05, 4.69) is 55.4 Å². The monoisotopic (exact) mass is 586 g/mol. The summed E-state index contributed by atoms with van der Waals surface area (Å²) in [5, 5.41) is 34.8. The summed E-state index contributed by atoms with van der Waals surface area (Å²) in [6.07, 6.45) is 2.15. The van der Waals surface area contributed by atoms with Gasteiger partial charge in [0.1, 0.15) is 0 Å². The number of aliphatic hydroxyl groups excluding tert-OH is 3. The third-order valence-electron chi connectivity index (χ3n) is 14.0. The average molecular weight is 587 g/mol. The lowest BCUT2D eigenvalue weighted by Gasteiger charge is -2.64. The van der Waals surface area contributed by atoms with Crippen LogP contribution in [0.5, 0.6) is 0 Å². The van der Waals surface area contributed by atoms with E-state index in [4.69, 9.17) is 9.05 Å².